The number of halogens is 1. The zero-order valence-corrected chi connectivity index (χ0v) is 9.39. The highest BCUT2D eigenvalue weighted by Crippen LogP contribution is 2.23. The summed E-state index contributed by atoms with van der Waals surface area (Å²) in [5.41, 5.74) is 9.03. The number of hydrogen-bond acceptors (Lipinski definition) is 1. The predicted octanol–water partition coefficient (Wildman–Crippen LogP) is 3.49. The molecule has 1 aromatic carbocycles. The highest BCUT2D eigenvalue weighted by atomic mass is 19.1. The molecular formula is C13H18FN. The first-order valence-corrected chi connectivity index (χ1v) is 5.23. The van der Waals surface area contributed by atoms with E-state index in [0.717, 1.165) is 29.5 Å². The fraction of sp³-hybridized carbons (Fsp3) is 0.385. The molecule has 0 amide bonds. The van der Waals surface area contributed by atoms with Gasteiger partial charge < -0.3 is 5.73 Å². The number of benzene rings is 1. The van der Waals surface area contributed by atoms with Crippen molar-refractivity contribution in [2.24, 2.45) is 5.73 Å². The molecule has 1 unspecified atom stereocenters. The van der Waals surface area contributed by atoms with Crippen molar-refractivity contribution in [2.45, 2.75) is 32.7 Å². The van der Waals surface area contributed by atoms with Gasteiger partial charge in [-0.05, 0) is 43.0 Å². The molecule has 0 saturated carbocycles. The summed E-state index contributed by atoms with van der Waals surface area (Å²) in [6.07, 6.45) is 1.64. The fourth-order valence-corrected chi connectivity index (χ4v) is 1.58. The molecular weight excluding hydrogens is 189 g/mol. The van der Waals surface area contributed by atoms with E-state index < -0.39 is 0 Å². The average Bonchev–Trinajstić information content (AvgIpc) is 2.21. The molecule has 2 heteroatoms. The Hall–Kier alpha value is -1.15. The monoisotopic (exact) mass is 207 g/mol. The van der Waals surface area contributed by atoms with E-state index in [9.17, 15) is 4.39 Å². The van der Waals surface area contributed by atoms with Crippen molar-refractivity contribution in [3.8, 4) is 0 Å². The third-order valence-corrected chi connectivity index (χ3v) is 2.65. The van der Waals surface area contributed by atoms with Crippen LogP contribution in [-0.4, -0.2) is 0 Å². The quantitative estimate of drug-likeness (QED) is 0.751. The van der Waals surface area contributed by atoms with Gasteiger partial charge in [0.15, 0.2) is 0 Å². The van der Waals surface area contributed by atoms with Crippen molar-refractivity contribution in [3.63, 3.8) is 0 Å². The summed E-state index contributed by atoms with van der Waals surface area (Å²) >= 11 is 0. The van der Waals surface area contributed by atoms with Crippen LogP contribution < -0.4 is 5.73 Å². The van der Waals surface area contributed by atoms with Crippen LogP contribution in [0.4, 0.5) is 4.39 Å². The van der Waals surface area contributed by atoms with E-state index in [2.05, 4.69) is 6.58 Å². The molecule has 0 fully saturated rings. The van der Waals surface area contributed by atoms with Gasteiger partial charge in [0.2, 0.25) is 0 Å². The van der Waals surface area contributed by atoms with Crippen molar-refractivity contribution in [1.29, 1.82) is 0 Å². The topological polar surface area (TPSA) is 26.0 Å². The van der Waals surface area contributed by atoms with Gasteiger partial charge in [-0.15, -0.1) is 0 Å². The van der Waals surface area contributed by atoms with Gasteiger partial charge in [0.25, 0.3) is 0 Å². The number of rotatable bonds is 4. The Morgan fingerprint density at radius 1 is 1.53 bits per heavy atom. The molecule has 0 bridgehead atoms. The van der Waals surface area contributed by atoms with Crippen LogP contribution in [0.2, 0.25) is 0 Å². The molecule has 0 radical (unpaired) electrons. The third kappa shape index (κ3) is 3.17. The second kappa shape index (κ2) is 5.08. The average molecular weight is 207 g/mol. The van der Waals surface area contributed by atoms with Crippen LogP contribution in [0.5, 0.6) is 0 Å². The number of nitrogens with two attached hydrogens (primary N) is 1. The second-order valence-electron chi connectivity index (χ2n) is 3.92. The Kier molecular flexibility index (Phi) is 4.04. The zero-order valence-electron chi connectivity index (χ0n) is 9.39. The van der Waals surface area contributed by atoms with Gasteiger partial charge in [-0.1, -0.05) is 25.1 Å². The molecule has 0 saturated heterocycles. The van der Waals surface area contributed by atoms with Crippen LogP contribution in [-0.2, 0) is 0 Å². The van der Waals surface area contributed by atoms with Gasteiger partial charge in [0, 0.05) is 6.04 Å². The van der Waals surface area contributed by atoms with E-state index in [1.54, 1.807) is 6.07 Å². The van der Waals surface area contributed by atoms with Crippen molar-refractivity contribution < 1.29 is 4.39 Å². The first kappa shape index (κ1) is 11.9. The van der Waals surface area contributed by atoms with Gasteiger partial charge in [0.05, 0.1) is 0 Å². The zero-order chi connectivity index (χ0) is 11.4. The molecule has 0 aliphatic heterocycles. The van der Waals surface area contributed by atoms with Crippen molar-refractivity contribution in [1.82, 2.24) is 0 Å². The fourth-order valence-electron chi connectivity index (χ4n) is 1.58. The lowest BCUT2D eigenvalue weighted by Crippen LogP contribution is -2.12. The third-order valence-electron chi connectivity index (χ3n) is 2.65. The van der Waals surface area contributed by atoms with Crippen LogP contribution in [0.1, 0.15) is 36.9 Å². The SMILES string of the molecule is C=C(CC)CC(N)c1cc(F)ccc1C. The smallest absolute Gasteiger partial charge is 0.123 e. The van der Waals surface area contributed by atoms with Crippen molar-refractivity contribution >= 4 is 0 Å². The van der Waals surface area contributed by atoms with E-state index in [4.69, 9.17) is 5.73 Å². The molecule has 82 valence electrons. The first-order chi connectivity index (χ1) is 7.04. The maximum atomic E-state index is 13.0. The summed E-state index contributed by atoms with van der Waals surface area (Å²) in [4.78, 5) is 0. The van der Waals surface area contributed by atoms with Crippen LogP contribution >= 0.6 is 0 Å². The standard InChI is InChI=1S/C13H18FN/c1-4-9(2)7-13(15)12-8-11(14)6-5-10(12)3/h5-6,8,13H,2,4,7,15H2,1,3H3. The lowest BCUT2D eigenvalue weighted by Gasteiger charge is -2.15. The molecule has 1 atom stereocenters. The van der Waals surface area contributed by atoms with E-state index in [0.29, 0.717) is 0 Å². The molecule has 1 rings (SSSR count). The Labute approximate surface area is 90.8 Å². The van der Waals surface area contributed by atoms with Gasteiger partial charge in [0.1, 0.15) is 5.82 Å². The minimum atomic E-state index is -0.229. The largest absolute Gasteiger partial charge is 0.324 e. The summed E-state index contributed by atoms with van der Waals surface area (Å²) in [7, 11) is 0. The lowest BCUT2D eigenvalue weighted by atomic mass is 9.96. The van der Waals surface area contributed by atoms with E-state index in [-0.39, 0.29) is 11.9 Å². The summed E-state index contributed by atoms with van der Waals surface area (Å²) in [6.45, 7) is 7.91. The summed E-state index contributed by atoms with van der Waals surface area (Å²) in [6, 6.07) is 4.59. The molecule has 0 heterocycles. The lowest BCUT2D eigenvalue weighted by molar-refractivity contribution is 0.615. The van der Waals surface area contributed by atoms with Gasteiger partial charge in [-0.3, -0.25) is 0 Å². The van der Waals surface area contributed by atoms with E-state index in [1.165, 1.54) is 12.1 Å². The molecule has 15 heavy (non-hydrogen) atoms. The molecule has 0 spiro atoms. The molecule has 2 N–H and O–H groups in total. The molecule has 0 aliphatic rings. The predicted molar refractivity (Wildman–Crippen MR) is 62.1 cm³/mol. The maximum Gasteiger partial charge on any atom is 0.123 e. The normalized spacial score (nSPS) is 12.5. The molecule has 1 aromatic rings. The highest BCUT2D eigenvalue weighted by molar-refractivity contribution is 5.30. The summed E-state index contributed by atoms with van der Waals surface area (Å²) < 4.78 is 13.0. The summed E-state index contributed by atoms with van der Waals surface area (Å²) in [5.74, 6) is -0.229. The molecule has 0 aromatic heterocycles. The minimum absolute atomic E-state index is 0.145. The van der Waals surface area contributed by atoms with Crippen molar-refractivity contribution in [3.05, 3.63) is 47.3 Å². The first-order valence-electron chi connectivity index (χ1n) is 5.23. The van der Waals surface area contributed by atoms with E-state index >= 15 is 0 Å². The van der Waals surface area contributed by atoms with Crippen molar-refractivity contribution in [2.75, 3.05) is 0 Å². The van der Waals surface area contributed by atoms with Crippen LogP contribution in [0.25, 0.3) is 0 Å². The Morgan fingerprint density at radius 3 is 2.80 bits per heavy atom. The second-order valence-corrected chi connectivity index (χ2v) is 3.92. The Morgan fingerprint density at radius 2 is 2.20 bits per heavy atom. The number of aryl methyl sites for hydroxylation is 1. The Balaban J connectivity index is 2.85. The molecule has 1 nitrogen and oxygen atoms in total. The maximum absolute atomic E-state index is 13.0. The van der Waals surface area contributed by atoms with Gasteiger partial charge in [-0.25, -0.2) is 4.39 Å². The Bertz CT molecular complexity index is 358. The van der Waals surface area contributed by atoms with Gasteiger partial charge in [-0.2, -0.15) is 0 Å². The number of hydrogen-bond donors (Lipinski definition) is 1. The summed E-state index contributed by atoms with van der Waals surface area (Å²) in [5, 5.41) is 0. The van der Waals surface area contributed by atoms with Crippen LogP contribution in [0.15, 0.2) is 30.4 Å². The minimum Gasteiger partial charge on any atom is -0.324 e. The van der Waals surface area contributed by atoms with E-state index in [1.807, 2.05) is 13.8 Å². The highest BCUT2D eigenvalue weighted by Gasteiger charge is 2.10. The van der Waals surface area contributed by atoms with Gasteiger partial charge >= 0.3 is 0 Å². The molecule has 0 aliphatic carbocycles. The van der Waals surface area contributed by atoms with Crippen LogP contribution in [0, 0.1) is 12.7 Å². The van der Waals surface area contributed by atoms with Crippen LogP contribution in [0.3, 0.4) is 0 Å².